The number of benzene rings is 3. The summed E-state index contributed by atoms with van der Waals surface area (Å²) in [7, 11) is -2.61. The zero-order chi connectivity index (χ0) is 40.8. The maximum absolute atomic E-state index is 14.8. The molecule has 0 spiro atoms. The van der Waals surface area contributed by atoms with E-state index in [2.05, 4.69) is 107 Å². The number of oxime groups is 1. The number of amidine groups is 1. The Bertz CT molecular complexity index is 1710. The summed E-state index contributed by atoms with van der Waals surface area (Å²) in [6.07, 6.45) is 4.75. The molecule has 3 aromatic rings. The van der Waals surface area contributed by atoms with E-state index >= 15 is 0 Å². The number of amides is 1. The zero-order valence-electron chi connectivity index (χ0n) is 35.4. The topological polar surface area (TPSA) is 124 Å². The van der Waals surface area contributed by atoms with E-state index in [9.17, 15) is 14.8 Å². The molecule has 0 bridgehead atoms. The smallest absolute Gasteiger partial charge is 0.337 e. The van der Waals surface area contributed by atoms with Crippen LogP contribution < -0.4 is 5.73 Å². The summed E-state index contributed by atoms with van der Waals surface area (Å²) in [6.45, 7) is 21.0. The zero-order valence-corrected chi connectivity index (χ0v) is 36.4. The third-order valence-corrected chi connectivity index (χ3v) is 15.1. The number of ether oxygens (including phenoxy) is 2. The summed E-state index contributed by atoms with van der Waals surface area (Å²) >= 11 is 0. The van der Waals surface area contributed by atoms with Crippen molar-refractivity contribution in [2.45, 2.75) is 149 Å². The second-order valence-electron chi connectivity index (χ2n) is 17.5. The van der Waals surface area contributed by atoms with Crippen LogP contribution in [0.15, 0.2) is 65.8 Å². The lowest BCUT2D eigenvalue weighted by Gasteiger charge is -2.41. The molecule has 0 fully saturated rings. The number of nitrogens with zero attached hydrogens (tertiary/aromatic N) is 2. The highest BCUT2D eigenvalue weighted by molar-refractivity contribution is 6.74. The van der Waals surface area contributed by atoms with Crippen LogP contribution in [0, 0.1) is 13.8 Å². The fourth-order valence-electron chi connectivity index (χ4n) is 6.17. The van der Waals surface area contributed by atoms with Gasteiger partial charge in [0.05, 0.1) is 0 Å². The van der Waals surface area contributed by atoms with Crippen molar-refractivity contribution in [3.63, 3.8) is 0 Å². The van der Waals surface area contributed by atoms with Crippen LogP contribution in [-0.2, 0) is 36.3 Å². The maximum atomic E-state index is 14.8. The summed E-state index contributed by atoms with van der Waals surface area (Å²) in [4.78, 5) is 30.5. The first-order valence-corrected chi connectivity index (χ1v) is 23.0. The summed E-state index contributed by atoms with van der Waals surface area (Å²) in [5.74, 6) is -0.946. The number of rotatable bonds is 21. The quantitative estimate of drug-likeness (QED) is 0.0210. The van der Waals surface area contributed by atoms with Crippen molar-refractivity contribution in [2.75, 3.05) is 19.7 Å². The van der Waals surface area contributed by atoms with E-state index in [0.29, 0.717) is 13.0 Å². The minimum atomic E-state index is -2.61. The standard InChI is InChI=1S/C45H69N3O6Si/c1-33-23-24-35(31-34(33)2)19-14-12-18-30-52-40(41(43(50)53-44(3,4)5)54-55(9,10)45(6,7)8)42(49)48(29-27-39(46)47-51)28-17-11-13-20-36-25-26-37-21-15-16-22-38(37)32-36/h15-16,21-26,31-32,40-41,51H,11-14,17-20,27-30H2,1-10H3,(H2,46,47)/t40-,41-/m1/s1. The molecule has 10 heteroatoms. The van der Waals surface area contributed by atoms with E-state index in [1.807, 2.05) is 26.8 Å². The Kier molecular flexibility index (Phi) is 17.4. The molecule has 0 aliphatic heterocycles. The Labute approximate surface area is 332 Å². The first-order chi connectivity index (χ1) is 25.8. The molecule has 3 N–H and O–H groups in total. The first kappa shape index (κ1) is 45.7. The fraction of sp³-hybridized carbons (Fsp3) is 0.578. The molecule has 304 valence electrons. The van der Waals surface area contributed by atoms with Crippen LogP contribution in [-0.4, -0.2) is 73.6 Å². The predicted molar refractivity (Wildman–Crippen MR) is 227 cm³/mol. The normalized spacial score (nSPS) is 13.8. The van der Waals surface area contributed by atoms with Crippen LogP contribution in [0.3, 0.4) is 0 Å². The number of fused-ring (bicyclic) bond motifs is 1. The van der Waals surface area contributed by atoms with Gasteiger partial charge in [-0.15, -0.1) is 0 Å². The number of nitrogens with two attached hydrogens (primary N) is 1. The highest BCUT2D eigenvalue weighted by Gasteiger charge is 2.47. The van der Waals surface area contributed by atoms with E-state index in [0.717, 1.165) is 44.9 Å². The Morgan fingerprint density at radius 3 is 2.02 bits per heavy atom. The molecule has 0 aromatic heterocycles. The Balaban J connectivity index is 1.81. The third-order valence-electron chi connectivity index (χ3n) is 10.6. The number of aryl methyl sites for hydroxylation is 4. The molecule has 0 aliphatic rings. The Hall–Kier alpha value is -3.73. The van der Waals surface area contributed by atoms with Crippen molar-refractivity contribution in [2.24, 2.45) is 10.9 Å². The summed E-state index contributed by atoms with van der Waals surface area (Å²) < 4.78 is 19.2. The summed E-state index contributed by atoms with van der Waals surface area (Å²) in [6, 6.07) is 21.5. The molecular weight excluding hydrogens is 707 g/mol. The van der Waals surface area contributed by atoms with Gasteiger partial charge in [-0.3, -0.25) is 4.79 Å². The number of unbranched alkanes of at least 4 members (excludes halogenated alkanes) is 4. The fourth-order valence-corrected chi connectivity index (χ4v) is 7.38. The summed E-state index contributed by atoms with van der Waals surface area (Å²) in [5.41, 5.74) is 10.3. The van der Waals surface area contributed by atoms with Gasteiger partial charge in [0.1, 0.15) is 11.4 Å². The van der Waals surface area contributed by atoms with E-state index in [1.165, 1.54) is 33.0 Å². The van der Waals surface area contributed by atoms with Gasteiger partial charge in [-0.1, -0.05) is 99.4 Å². The average Bonchev–Trinajstić information content (AvgIpc) is 3.11. The van der Waals surface area contributed by atoms with Crippen molar-refractivity contribution in [1.82, 2.24) is 4.90 Å². The van der Waals surface area contributed by atoms with Crippen molar-refractivity contribution < 1.29 is 28.7 Å². The van der Waals surface area contributed by atoms with E-state index in [1.54, 1.807) is 4.90 Å². The van der Waals surface area contributed by atoms with Crippen molar-refractivity contribution in [3.05, 3.63) is 82.9 Å². The largest absolute Gasteiger partial charge is 0.458 e. The molecule has 0 radical (unpaired) electrons. The van der Waals surface area contributed by atoms with Crippen molar-refractivity contribution in [1.29, 1.82) is 0 Å². The minimum absolute atomic E-state index is 0.0246. The van der Waals surface area contributed by atoms with Crippen LogP contribution in [0.5, 0.6) is 0 Å². The van der Waals surface area contributed by atoms with Gasteiger partial charge >= 0.3 is 5.97 Å². The molecule has 2 atom stereocenters. The van der Waals surface area contributed by atoms with Crippen LogP contribution in [0.2, 0.25) is 18.1 Å². The Morgan fingerprint density at radius 1 is 0.782 bits per heavy atom. The monoisotopic (exact) mass is 775 g/mol. The minimum Gasteiger partial charge on any atom is -0.458 e. The van der Waals surface area contributed by atoms with Gasteiger partial charge in [-0.2, -0.15) is 0 Å². The highest BCUT2D eigenvalue weighted by atomic mass is 28.4. The van der Waals surface area contributed by atoms with Crippen LogP contribution >= 0.6 is 0 Å². The predicted octanol–water partition coefficient (Wildman–Crippen LogP) is 9.66. The molecule has 3 rings (SSSR count). The van der Waals surface area contributed by atoms with Gasteiger partial charge < -0.3 is 29.7 Å². The Morgan fingerprint density at radius 2 is 1.40 bits per heavy atom. The van der Waals surface area contributed by atoms with Crippen molar-refractivity contribution >= 4 is 36.8 Å². The third kappa shape index (κ3) is 15.0. The number of esters is 1. The van der Waals surface area contributed by atoms with E-state index in [4.69, 9.17) is 19.6 Å². The number of hydrogen-bond donors (Lipinski definition) is 2. The van der Waals surface area contributed by atoms with Crippen LogP contribution in [0.4, 0.5) is 0 Å². The average molecular weight is 776 g/mol. The number of carbonyl (C=O) groups excluding carboxylic acids is 2. The number of carbonyl (C=O) groups is 2. The molecule has 55 heavy (non-hydrogen) atoms. The molecular formula is C45H69N3O6Si. The summed E-state index contributed by atoms with van der Waals surface area (Å²) in [5, 5.41) is 14.7. The molecule has 0 unspecified atom stereocenters. The molecule has 9 nitrogen and oxygen atoms in total. The molecule has 0 saturated heterocycles. The van der Waals surface area contributed by atoms with Gasteiger partial charge in [0, 0.05) is 26.1 Å². The van der Waals surface area contributed by atoms with Gasteiger partial charge in [-0.25, -0.2) is 4.79 Å². The second-order valence-corrected chi connectivity index (χ2v) is 22.3. The maximum Gasteiger partial charge on any atom is 0.337 e. The van der Waals surface area contributed by atoms with Crippen LogP contribution in [0.25, 0.3) is 10.8 Å². The SMILES string of the molecule is Cc1ccc(CCCCCO[C@@H](C(=O)N(CCCCCc2ccc3ccccc3c2)CC/C(N)=N/O)[C@@H](O[Si](C)(C)C(C)(C)C)C(=O)OC(C)(C)C)cc1C. The molecule has 0 aliphatic carbocycles. The molecule has 3 aromatic carbocycles. The molecule has 0 saturated carbocycles. The lowest BCUT2D eigenvalue weighted by Crippen LogP contribution is -2.57. The van der Waals surface area contributed by atoms with Gasteiger partial charge in [0.15, 0.2) is 20.5 Å². The van der Waals surface area contributed by atoms with Gasteiger partial charge in [-0.05, 0) is 124 Å². The van der Waals surface area contributed by atoms with Gasteiger partial charge in [0.2, 0.25) is 0 Å². The molecule has 1 amide bonds. The van der Waals surface area contributed by atoms with E-state index in [-0.39, 0.29) is 36.4 Å². The van der Waals surface area contributed by atoms with Crippen molar-refractivity contribution in [3.8, 4) is 0 Å². The molecule has 0 heterocycles. The lowest BCUT2D eigenvalue weighted by molar-refractivity contribution is -0.178. The number of hydrogen-bond acceptors (Lipinski definition) is 7. The first-order valence-electron chi connectivity index (χ1n) is 20.1. The highest BCUT2D eigenvalue weighted by Crippen LogP contribution is 2.38. The van der Waals surface area contributed by atoms with E-state index < -0.39 is 32.1 Å². The second kappa shape index (κ2) is 21.0. The van der Waals surface area contributed by atoms with Gasteiger partial charge in [0.25, 0.3) is 5.91 Å². The van der Waals surface area contributed by atoms with Crippen LogP contribution in [0.1, 0.15) is 109 Å². The lowest BCUT2D eigenvalue weighted by atomic mass is 10.0.